The molecule has 0 aromatic heterocycles. The highest BCUT2D eigenvalue weighted by Crippen LogP contribution is 2.31. The molecular weight excluding hydrogens is 443 g/mol. The van der Waals surface area contributed by atoms with Gasteiger partial charge in [-0.05, 0) is 50.8 Å². The van der Waals surface area contributed by atoms with E-state index in [2.05, 4.69) is 52.8 Å². The molecule has 0 amide bonds. The predicted molar refractivity (Wildman–Crippen MR) is 119 cm³/mol. The van der Waals surface area contributed by atoms with Crippen molar-refractivity contribution in [2.75, 3.05) is 38.5 Å². The Hall–Kier alpha value is -0.470. The van der Waals surface area contributed by atoms with Crippen LogP contribution in [0.2, 0.25) is 0 Å². The lowest BCUT2D eigenvalue weighted by atomic mass is 10.1. The summed E-state index contributed by atoms with van der Waals surface area (Å²) in [5.74, 6) is 2.75. The Balaban J connectivity index is 0.00000225. The average molecular weight is 474 g/mol. The number of aliphatic imine (C=N–C) groups is 1. The van der Waals surface area contributed by atoms with Crippen molar-refractivity contribution in [2.45, 2.75) is 37.1 Å². The van der Waals surface area contributed by atoms with Crippen LogP contribution in [-0.2, 0) is 0 Å². The molecule has 1 heterocycles. The van der Waals surface area contributed by atoms with Crippen LogP contribution >= 0.6 is 35.7 Å². The zero-order chi connectivity index (χ0) is 16.6. The monoisotopic (exact) mass is 474 g/mol. The molecule has 1 aliphatic carbocycles. The third-order valence-electron chi connectivity index (χ3n) is 4.64. The first-order chi connectivity index (χ1) is 11.8. The Labute approximate surface area is 173 Å². The highest BCUT2D eigenvalue weighted by molar-refractivity contribution is 14.0. The first-order valence-electron chi connectivity index (χ1n) is 9.29. The first-order valence-corrected chi connectivity index (χ1v) is 10.3. The van der Waals surface area contributed by atoms with Crippen molar-refractivity contribution in [3.8, 4) is 0 Å². The number of likely N-dealkylation sites (tertiary alicyclic amines) is 1. The van der Waals surface area contributed by atoms with E-state index < -0.39 is 0 Å². The van der Waals surface area contributed by atoms with Crippen molar-refractivity contribution in [3.63, 3.8) is 0 Å². The molecule has 0 spiro atoms. The van der Waals surface area contributed by atoms with E-state index in [1.807, 2.05) is 11.8 Å². The maximum absolute atomic E-state index is 4.81. The summed E-state index contributed by atoms with van der Waals surface area (Å²) in [6.07, 6.45) is 4.14. The zero-order valence-corrected chi connectivity index (χ0v) is 18.3. The summed E-state index contributed by atoms with van der Waals surface area (Å²) in [5.41, 5.74) is 0. The first kappa shape index (κ1) is 20.8. The topological polar surface area (TPSA) is 39.7 Å². The molecular formula is C19H31IN4S. The van der Waals surface area contributed by atoms with Gasteiger partial charge in [-0.15, -0.1) is 35.7 Å². The molecule has 1 aliphatic heterocycles. The lowest BCUT2D eigenvalue weighted by molar-refractivity contribution is 0.315. The van der Waals surface area contributed by atoms with Gasteiger partial charge in [0.05, 0.1) is 0 Å². The molecule has 0 bridgehead atoms. The molecule has 1 aromatic rings. The van der Waals surface area contributed by atoms with E-state index in [9.17, 15) is 0 Å². The van der Waals surface area contributed by atoms with Crippen molar-refractivity contribution in [1.29, 1.82) is 0 Å². The van der Waals surface area contributed by atoms with Crippen LogP contribution in [0.1, 0.15) is 26.2 Å². The van der Waals surface area contributed by atoms with E-state index in [1.165, 1.54) is 37.2 Å². The van der Waals surface area contributed by atoms with Gasteiger partial charge in [-0.25, -0.2) is 0 Å². The minimum absolute atomic E-state index is 0. The molecule has 6 heteroatoms. The molecule has 2 N–H and O–H groups in total. The molecule has 4 nitrogen and oxygen atoms in total. The van der Waals surface area contributed by atoms with E-state index in [-0.39, 0.29) is 24.0 Å². The summed E-state index contributed by atoms with van der Waals surface area (Å²) in [4.78, 5) is 8.80. The van der Waals surface area contributed by atoms with Crippen LogP contribution in [0.5, 0.6) is 0 Å². The summed E-state index contributed by atoms with van der Waals surface area (Å²) in [5, 5.41) is 6.83. The predicted octanol–water partition coefficient (Wildman–Crippen LogP) is 3.44. The number of nitrogens with one attached hydrogen (secondary N) is 2. The number of guanidine groups is 1. The molecule has 1 aromatic carbocycles. The fourth-order valence-electron chi connectivity index (χ4n) is 3.20. The van der Waals surface area contributed by atoms with Crippen LogP contribution < -0.4 is 10.6 Å². The van der Waals surface area contributed by atoms with Gasteiger partial charge in [-0.3, -0.25) is 4.99 Å². The highest BCUT2D eigenvalue weighted by atomic mass is 127. The molecule has 3 rings (SSSR count). The van der Waals surface area contributed by atoms with Gasteiger partial charge in [0.1, 0.15) is 0 Å². The van der Waals surface area contributed by atoms with Crippen LogP contribution in [-0.4, -0.2) is 55.4 Å². The number of rotatable bonds is 8. The molecule has 1 unspecified atom stereocenters. The lowest BCUT2D eigenvalue weighted by Crippen LogP contribution is -2.38. The maximum atomic E-state index is 4.81. The van der Waals surface area contributed by atoms with E-state index in [4.69, 9.17) is 4.99 Å². The quantitative estimate of drug-likeness (QED) is 0.199. The molecule has 2 aliphatic rings. The molecule has 25 heavy (non-hydrogen) atoms. The van der Waals surface area contributed by atoms with Gasteiger partial charge in [0.15, 0.2) is 5.96 Å². The maximum Gasteiger partial charge on any atom is 0.191 e. The number of hydrogen-bond acceptors (Lipinski definition) is 3. The van der Waals surface area contributed by atoms with Gasteiger partial charge in [0.2, 0.25) is 0 Å². The Morgan fingerprint density at radius 1 is 1.20 bits per heavy atom. The summed E-state index contributed by atoms with van der Waals surface area (Å²) in [6.45, 7) is 7.45. The van der Waals surface area contributed by atoms with Crippen molar-refractivity contribution in [1.82, 2.24) is 15.5 Å². The third-order valence-corrected chi connectivity index (χ3v) is 5.65. The SMILES string of the molecule is CCNC(=NCC1CCN(C2CC2)C1)NCCSc1ccccc1.I. The lowest BCUT2D eigenvalue weighted by Gasteiger charge is -2.15. The second kappa shape index (κ2) is 11.3. The number of hydrogen-bond donors (Lipinski definition) is 2. The summed E-state index contributed by atoms with van der Waals surface area (Å²) < 4.78 is 0. The number of benzene rings is 1. The summed E-state index contributed by atoms with van der Waals surface area (Å²) >= 11 is 1.88. The summed E-state index contributed by atoms with van der Waals surface area (Å²) in [6, 6.07) is 11.5. The van der Waals surface area contributed by atoms with Gasteiger partial charge in [0.25, 0.3) is 0 Å². The Bertz CT molecular complexity index is 521. The Kier molecular flexibility index (Phi) is 9.41. The Morgan fingerprint density at radius 2 is 2.00 bits per heavy atom. The minimum atomic E-state index is 0. The average Bonchev–Trinajstić information content (AvgIpc) is 3.36. The van der Waals surface area contributed by atoms with Crippen molar-refractivity contribution in [3.05, 3.63) is 30.3 Å². The van der Waals surface area contributed by atoms with E-state index in [1.54, 1.807) is 0 Å². The van der Waals surface area contributed by atoms with Crippen molar-refractivity contribution < 1.29 is 0 Å². The van der Waals surface area contributed by atoms with Gasteiger partial charge in [-0.2, -0.15) is 0 Å². The van der Waals surface area contributed by atoms with Crippen molar-refractivity contribution >= 4 is 41.7 Å². The number of thioether (sulfide) groups is 1. The molecule has 1 saturated heterocycles. The second-order valence-corrected chi connectivity index (χ2v) is 7.86. The van der Waals surface area contributed by atoms with Gasteiger partial charge in [0, 0.05) is 42.9 Å². The molecule has 1 atom stereocenters. The van der Waals surface area contributed by atoms with E-state index >= 15 is 0 Å². The van der Waals surface area contributed by atoms with Gasteiger partial charge in [-0.1, -0.05) is 18.2 Å². The number of nitrogens with zero attached hydrogens (tertiary/aromatic N) is 2. The van der Waals surface area contributed by atoms with Crippen LogP contribution in [0.4, 0.5) is 0 Å². The van der Waals surface area contributed by atoms with Crippen molar-refractivity contribution in [2.24, 2.45) is 10.9 Å². The van der Waals surface area contributed by atoms with E-state index in [0.29, 0.717) is 0 Å². The molecule has 0 radical (unpaired) electrons. The van der Waals surface area contributed by atoms with Crippen LogP contribution in [0, 0.1) is 5.92 Å². The molecule has 140 valence electrons. The van der Waals surface area contributed by atoms with E-state index in [0.717, 1.165) is 43.3 Å². The van der Waals surface area contributed by atoms with Gasteiger partial charge >= 0.3 is 0 Å². The fraction of sp³-hybridized carbons (Fsp3) is 0.632. The number of halogens is 1. The summed E-state index contributed by atoms with van der Waals surface area (Å²) in [7, 11) is 0. The normalized spacial score (nSPS) is 21.0. The minimum Gasteiger partial charge on any atom is -0.357 e. The van der Waals surface area contributed by atoms with Crippen LogP contribution in [0.15, 0.2) is 40.2 Å². The second-order valence-electron chi connectivity index (χ2n) is 6.69. The standard InChI is InChI=1S/C19H30N4S.HI/c1-2-20-19(21-11-13-24-18-6-4-3-5-7-18)22-14-16-10-12-23(15-16)17-8-9-17;/h3-7,16-17H,2,8-15H2,1H3,(H2,20,21,22);1H. The van der Waals surface area contributed by atoms with Crippen LogP contribution in [0.25, 0.3) is 0 Å². The fourth-order valence-corrected chi connectivity index (χ4v) is 3.99. The zero-order valence-electron chi connectivity index (χ0n) is 15.1. The molecule has 1 saturated carbocycles. The smallest absolute Gasteiger partial charge is 0.191 e. The highest BCUT2D eigenvalue weighted by Gasteiger charge is 2.34. The third kappa shape index (κ3) is 7.35. The van der Waals surface area contributed by atoms with Gasteiger partial charge < -0.3 is 15.5 Å². The van der Waals surface area contributed by atoms with Crippen LogP contribution in [0.3, 0.4) is 0 Å². The largest absolute Gasteiger partial charge is 0.357 e. The Morgan fingerprint density at radius 3 is 2.72 bits per heavy atom. The molecule has 2 fully saturated rings.